The third-order valence-electron chi connectivity index (χ3n) is 4.19. The summed E-state index contributed by atoms with van der Waals surface area (Å²) in [5.41, 5.74) is 14.2. The van der Waals surface area contributed by atoms with Gasteiger partial charge in [0.1, 0.15) is 30.2 Å². The lowest BCUT2D eigenvalue weighted by Crippen LogP contribution is -2.36. The minimum absolute atomic E-state index is 0.00202. The number of nitrogens with zero attached hydrogens (tertiary/aromatic N) is 5. The molecule has 2 unspecified atom stereocenters. The number of hydrogen-bond acceptors (Lipinski definition) is 11. The maximum atomic E-state index is 11.0. The Balaban J connectivity index is 1.97. The Kier molecular flexibility index (Phi) is 6.14. The lowest BCUT2D eigenvalue weighted by Gasteiger charge is -2.23. The molecule has 1 saturated heterocycles. The lowest BCUT2D eigenvalue weighted by atomic mass is 10.1. The molecule has 27 heavy (non-hydrogen) atoms. The third kappa shape index (κ3) is 3.70. The maximum Gasteiger partial charge on any atom is 0.327 e. The molecule has 2 aromatic heterocycles. The first-order valence-electron chi connectivity index (χ1n) is 7.96. The summed E-state index contributed by atoms with van der Waals surface area (Å²) in [6.45, 7) is 1.35. The number of anilines is 1. The number of aliphatic hydroxyl groups is 1. The van der Waals surface area contributed by atoms with Gasteiger partial charge in [0.05, 0.1) is 25.2 Å². The first-order chi connectivity index (χ1) is 13.1. The standard InChI is InChI=1S/C14H18N7O5P/c1-2-7(20-16)4-24-11-10(26-27-23)8(3-22)25-14(11)21-6-19-9-12(15)17-5-18-13(9)21/h2,5-6,8,10-11,14,16,22H,3-4H2,1H3,(H2,15,17,18)/b7-2-,20-16?/t8-,10?,11?,14-/m1/s1. The van der Waals surface area contributed by atoms with Crippen LogP contribution in [0.25, 0.3) is 11.2 Å². The van der Waals surface area contributed by atoms with Gasteiger partial charge in [0.25, 0.3) is 0 Å². The van der Waals surface area contributed by atoms with Crippen LogP contribution in [0.15, 0.2) is 29.5 Å². The number of nitrogen functional groups attached to an aromatic ring is 1. The van der Waals surface area contributed by atoms with Gasteiger partial charge in [-0.15, -0.1) is 0 Å². The predicted molar refractivity (Wildman–Crippen MR) is 91.9 cm³/mol. The van der Waals surface area contributed by atoms with Crippen LogP contribution in [0.1, 0.15) is 13.2 Å². The number of rotatable bonds is 8. The summed E-state index contributed by atoms with van der Waals surface area (Å²) >= 11 is 0. The SMILES string of the molecule is C/C=C(/COC1C(OP=O)[C@@H](CO)O[C@H]1n1cnc2c(N)ncnc21)N=N. The summed E-state index contributed by atoms with van der Waals surface area (Å²) in [6.07, 6.45) is 1.19. The highest BCUT2D eigenvalue weighted by Gasteiger charge is 2.48. The van der Waals surface area contributed by atoms with E-state index in [4.69, 9.17) is 25.3 Å². The summed E-state index contributed by atoms with van der Waals surface area (Å²) in [5, 5.41) is 13.0. The van der Waals surface area contributed by atoms with Crippen molar-refractivity contribution in [2.45, 2.75) is 31.5 Å². The Morgan fingerprint density at radius 1 is 1.52 bits per heavy atom. The molecule has 0 aromatic carbocycles. The molecule has 2 aromatic rings. The van der Waals surface area contributed by atoms with E-state index in [1.807, 2.05) is 0 Å². The molecule has 12 nitrogen and oxygen atoms in total. The van der Waals surface area contributed by atoms with Crippen LogP contribution in [0.2, 0.25) is 0 Å². The van der Waals surface area contributed by atoms with E-state index in [2.05, 4.69) is 20.1 Å². The number of imidazole rings is 1. The van der Waals surface area contributed by atoms with Crippen molar-refractivity contribution >= 4 is 25.7 Å². The zero-order chi connectivity index (χ0) is 19.4. The van der Waals surface area contributed by atoms with E-state index in [0.717, 1.165) is 0 Å². The van der Waals surface area contributed by atoms with Crippen LogP contribution in [0.3, 0.4) is 0 Å². The van der Waals surface area contributed by atoms with Crippen LogP contribution in [-0.4, -0.2) is 56.2 Å². The topological polar surface area (TPSA) is 171 Å². The van der Waals surface area contributed by atoms with Gasteiger partial charge in [-0.05, 0) is 6.92 Å². The second kappa shape index (κ2) is 8.55. The van der Waals surface area contributed by atoms with Crippen molar-refractivity contribution in [1.82, 2.24) is 19.5 Å². The number of nitrogens with one attached hydrogen (secondary N) is 1. The van der Waals surface area contributed by atoms with Crippen molar-refractivity contribution < 1.29 is 23.7 Å². The summed E-state index contributed by atoms with van der Waals surface area (Å²) in [4.78, 5) is 12.3. The number of aliphatic hydroxyl groups excluding tert-OH is 1. The second-order valence-electron chi connectivity index (χ2n) is 5.64. The van der Waals surface area contributed by atoms with Crippen molar-refractivity contribution in [2.75, 3.05) is 18.9 Å². The molecule has 1 aliphatic rings. The van der Waals surface area contributed by atoms with Gasteiger partial charge in [-0.3, -0.25) is 9.09 Å². The number of allylic oxidation sites excluding steroid dienone is 1. The van der Waals surface area contributed by atoms with E-state index in [0.29, 0.717) is 16.9 Å². The smallest absolute Gasteiger partial charge is 0.327 e. The van der Waals surface area contributed by atoms with Gasteiger partial charge in [0, 0.05) is 0 Å². The van der Waals surface area contributed by atoms with Crippen LogP contribution in [0.5, 0.6) is 0 Å². The zero-order valence-corrected chi connectivity index (χ0v) is 15.2. The Morgan fingerprint density at radius 3 is 3.00 bits per heavy atom. The summed E-state index contributed by atoms with van der Waals surface area (Å²) in [7, 11) is -0.580. The molecule has 0 spiro atoms. The highest BCUT2D eigenvalue weighted by atomic mass is 31.1. The number of fused-ring (bicyclic) bond motifs is 1. The molecule has 3 heterocycles. The molecule has 13 heteroatoms. The normalized spacial score (nSPS) is 26.1. The summed E-state index contributed by atoms with van der Waals surface area (Å²) < 4.78 is 29.5. The minimum atomic E-state index is -0.834. The molecule has 0 bridgehead atoms. The predicted octanol–water partition coefficient (Wildman–Crippen LogP) is 1.21. The molecule has 0 saturated carbocycles. The van der Waals surface area contributed by atoms with Gasteiger partial charge in [0.15, 0.2) is 17.7 Å². The van der Waals surface area contributed by atoms with Crippen LogP contribution in [-0.2, 0) is 18.6 Å². The Labute approximate surface area is 155 Å². The van der Waals surface area contributed by atoms with Gasteiger partial charge < -0.3 is 20.3 Å². The van der Waals surface area contributed by atoms with Gasteiger partial charge in [-0.2, -0.15) is 5.11 Å². The average Bonchev–Trinajstić information content (AvgIpc) is 3.25. The monoisotopic (exact) mass is 395 g/mol. The molecule has 144 valence electrons. The zero-order valence-electron chi connectivity index (χ0n) is 14.3. The summed E-state index contributed by atoms with van der Waals surface area (Å²) in [5.74, 6) is 0.211. The van der Waals surface area contributed by atoms with E-state index >= 15 is 0 Å². The largest absolute Gasteiger partial charge is 0.394 e. The molecule has 4 N–H and O–H groups in total. The highest BCUT2D eigenvalue weighted by Crippen LogP contribution is 2.37. The average molecular weight is 395 g/mol. The fraction of sp³-hybridized carbons (Fsp3) is 0.500. The Hall–Kier alpha value is -2.37. The molecule has 0 amide bonds. The molecule has 1 fully saturated rings. The molecule has 3 rings (SSSR count). The molecule has 4 atom stereocenters. The first-order valence-corrected chi connectivity index (χ1v) is 8.69. The lowest BCUT2D eigenvalue weighted by molar-refractivity contribution is -0.0656. The molecule has 0 aliphatic carbocycles. The molecule has 0 radical (unpaired) electrons. The molecule has 1 aliphatic heterocycles. The van der Waals surface area contributed by atoms with Crippen molar-refractivity contribution in [3.63, 3.8) is 0 Å². The van der Waals surface area contributed by atoms with E-state index < -0.39 is 33.2 Å². The van der Waals surface area contributed by atoms with Gasteiger partial charge in [-0.25, -0.2) is 25.0 Å². The molecular formula is C14H18N7O5P. The fourth-order valence-corrected chi connectivity index (χ4v) is 3.21. The minimum Gasteiger partial charge on any atom is -0.394 e. The first kappa shape index (κ1) is 19.4. The number of hydrogen-bond donors (Lipinski definition) is 3. The van der Waals surface area contributed by atoms with E-state index in [1.54, 1.807) is 17.6 Å². The fourth-order valence-electron chi connectivity index (χ4n) is 2.85. The van der Waals surface area contributed by atoms with Crippen molar-refractivity contribution in [3.05, 3.63) is 24.4 Å². The van der Waals surface area contributed by atoms with Gasteiger partial charge >= 0.3 is 8.69 Å². The van der Waals surface area contributed by atoms with Crippen molar-refractivity contribution in [1.29, 1.82) is 5.53 Å². The third-order valence-corrected chi connectivity index (χ3v) is 4.52. The molecular weight excluding hydrogens is 377 g/mol. The van der Waals surface area contributed by atoms with Crippen LogP contribution >= 0.6 is 8.69 Å². The highest BCUT2D eigenvalue weighted by molar-refractivity contribution is 7.17. The second-order valence-corrected chi connectivity index (χ2v) is 6.00. The van der Waals surface area contributed by atoms with Crippen LogP contribution in [0, 0.1) is 5.53 Å². The quantitative estimate of drug-likeness (QED) is 0.439. The van der Waals surface area contributed by atoms with Crippen LogP contribution < -0.4 is 5.73 Å². The Bertz CT molecular complexity index is 859. The van der Waals surface area contributed by atoms with E-state index in [-0.39, 0.29) is 19.0 Å². The van der Waals surface area contributed by atoms with E-state index in [9.17, 15) is 9.67 Å². The van der Waals surface area contributed by atoms with Gasteiger partial charge in [0.2, 0.25) is 0 Å². The van der Waals surface area contributed by atoms with Crippen molar-refractivity contribution in [2.24, 2.45) is 5.11 Å². The van der Waals surface area contributed by atoms with E-state index in [1.165, 1.54) is 12.7 Å². The maximum absolute atomic E-state index is 11.0. The number of ether oxygens (including phenoxy) is 2. The van der Waals surface area contributed by atoms with Crippen LogP contribution in [0.4, 0.5) is 5.82 Å². The number of aromatic nitrogens is 4. The van der Waals surface area contributed by atoms with Gasteiger partial charge in [-0.1, -0.05) is 6.08 Å². The Morgan fingerprint density at radius 2 is 2.33 bits per heavy atom. The van der Waals surface area contributed by atoms with Crippen molar-refractivity contribution in [3.8, 4) is 0 Å². The number of nitrogens with two attached hydrogens (primary N) is 1. The summed E-state index contributed by atoms with van der Waals surface area (Å²) in [6, 6.07) is 0.